The molecule has 0 fully saturated rings. The Morgan fingerprint density at radius 1 is 0.605 bits per heavy atom. The van der Waals surface area contributed by atoms with Gasteiger partial charge in [0, 0.05) is 50.0 Å². The first-order valence-corrected chi connectivity index (χ1v) is 14.2. The number of anilines is 5. The van der Waals surface area contributed by atoms with E-state index in [1.54, 1.807) is 0 Å². The topological polar surface area (TPSA) is 22.6 Å². The van der Waals surface area contributed by atoms with E-state index in [2.05, 4.69) is 149 Å². The SMILES string of the molecule is CN1[CH-]N(c2[c-]c3c(cc2)-c2ccccc2N2B3c3[c-]c(-c4ccccn4)ccc3-c3ccccc32)c2ccccc21.[Pt]. The molecule has 6 aromatic rings. The number of hydrogen-bond acceptors (Lipinski definition) is 4. The van der Waals surface area contributed by atoms with Crippen LogP contribution in [0.5, 0.6) is 0 Å². The number of hydrogen-bond donors (Lipinski definition) is 0. The summed E-state index contributed by atoms with van der Waals surface area (Å²) in [4.78, 5) is 11.6. The van der Waals surface area contributed by atoms with Gasteiger partial charge in [-0.3, -0.25) is 0 Å². The van der Waals surface area contributed by atoms with Crippen molar-refractivity contribution in [2.45, 2.75) is 0 Å². The van der Waals surface area contributed by atoms with Gasteiger partial charge >= 0.3 is 0 Å². The second-order valence-electron chi connectivity index (χ2n) is 11.0. The zero-order chi connectivity index (χ0) is 27.8. The van der Waals surface area contributed by atoms with Crippen molar-refractivity contribution in [2.24, 2.45) is 0 Å². The maximum atomic E-state index is 4.65. The summed E-state index contributed by atoms with van der Waals surface area (Å²) in [5, 5.41) is 0. The monoisotopic (exact) mass is 730 g/mol. The molecule has 3 aliphatic heterocycles. The van der Waals surface area contributed by atoms with Crippen molar-refractivity contribution in [2.75, 3.05) is 21.7 Å². The molecule has 0 radical (unpaired) electrons. The molecule has 9 rings (SSSR count). The summed E-state index contributed by atoms with van der Waals surface area (Å²) in [5.74, 6) is 0. The molecule has 3 aliphatic rings. The maximum Gasteiger partial charge on any atom is 0.285 e. The van der Waals surface area contributed by atoms with Gasteiger partial charge in [-0.05, 0) is 48.6 Å². The molecule has 0 N–H and O–H groups in total. The molecule has 0 amide bonds. The van der Waals surface area contributed by atoms with Crippen molar-refractivity contribution in [3.63, 3.8) is 0 Å². The fourth-order valence-electron chi connectivity index (χ4n) is 6.81. The normalized spacial score (nSPS) is 13.7. The Kier molecular flexibility index (Phi) is 6.06. The van der Waals surface area contributed by atoms with Crippen molar-refractivity contribution >= 4 is 46.2 Å². The smallest absolute Gasteiger partial charge is 0.285 e. The fraction of sp³-hybridized carbons (Fsp3) is 0.0270. The van der Waals surface area contributed by atoms with E-state index >= 15 is 0 Å². The quantitative estimate of drug-likeness (QED) is 0.142. The number of nitrogens with zero attached hydrogens (tertiary/aromatic N) is 4. The third kappa shape index (κ3) is 3.85. The van der Waals surface area contributed by atoms with Crippen LogP contribution < -0.4 is 25.5 Å². The van der Waals surface area contributed by atoms with Gasteiger partial charge in [-0.15, -0.1) is 52.1 Å². The van der Waals surface area contributed by atoms with Crippen molar-refractivity contribution in [3.05, 3.63) is 140 Å². The van der Waals surface area contributed by atoms with Gasteiger partial charge in [-0.25, -0.2) is 0 Å². The second-order valence-corrected chi connectivity index (χ2v) is 11.0. The van der Waals surface area contributed by atoms with E-state index in [0.717, 1.165) is 33.6 Å². The molecule has 1 aromatic heterocycles. The van der Waals surface area contributed by atoms with Crippen molar-refractivity contribution < 1.29 is 21.1 Å². The predicted molar refractivity (Wildman–Crippen MR) is 173 cm³/mol. The molecule has 0 saturated carbocycles. The minimum absolute atomic E-state index is 0. The van der Waals surface area contributed by atoms with Crippen LogP contribution in [0.2, 0.25) is 0 Å². The van der Waals surface area contributed by atoms with Crippen molar-refractivity contribution in [3.8, 4) is 33.5 Å². The first kappa shape index (κ1) is 26.1. The molecule has 0 spiro atoms. The van der Waals surface area contributed by atoms with Gasteiger partial charge in [-0.2, -0.15) is 24.3 Å². The molecular formula is C37H24BN4Pt-3. The van der Waals surface area contributed by atoms with Crippen LogP contribution in [0.4, 0.5) is 28.4 Å². The summed E-state index contributed by atoms with van der Waals surface area (Å²) >= 11 is 0. The molecule has 0 atom stereocenters. The summed E-state index contributed by atoms with van der Waals surface area (Å²) in [6, 6.07) is 48.7. The summed E-state index contributed by atoms with van der Waals surface area (Å²) in [5.41, 5.74) is 14.8. The summed E-state index contributed by atoms with van der Waals surface area (Å²) in [6.45, 7) is 2.05. The van der Waals surface area contributed by atoms with E-state index in [4.69, 9.17) is 0 Å². The number of rotatable bonds is 2. The van der Waals surface area contributed by atoms with Gasteiger partial charge in [0.2, 0.25) is 0 Å². The third-order valence-electron chi connectivity index (χ3n) is 8.66. The Labute approximate surface area is 266 Å². The van der Waals surface area contributed by atoms with Gasteiger partial charge in [0.05, 0.1) is 0 Å². The Hall–Kier alpha value is -4.60. The van der Waals surface area contributed by atoms with Crippen LogP contribution in [-0.4, -0.2) is 18.9 Å². The molecular weight excluding hydrogens is 706 g/mol. The number of pyridine rings is 1. The van der Waals surface area contributed by atoms with E-state index in [1.165, 1.54) is 39.3 Å². The zero-order valence-corrected chi connectivity index (χ0v) is 25.6. The summed E-state index contributed by atoms with van der Waals surface area (Å²) < 4.78 is 0. The largest absolute Gasteiger partial charge is 0.504 e. The van der Waals surface area contributed by atoms with Crippen LogP contribution in [-0.2, 0) is 21.1 Å². The maximum absolute atomic E-state index is 4.65. The minimum atomic E-state index is -0.0982. The van der Waals surface area contributed by atoms with Crippen LogP contribution in [0.3, 0.4) is 0 Å². The van der Waals surface area contributed by atoms with Gasteiger partial charge in [0.15, 0.2) is 0 Å². The van der Waals surface area contributed by atoms with Gasteiger partial charge in [0.25, 0.3) is 6.85 Å². The molecule has 0 bridgehead atoms. The van der Waals surface area contributed by atoms with Crippen LogP contribution >= 0.6 is 0 Å². The number of fused-ring (bicyclic) bond motifs is 12. The van der Waals surface area contributed by atoms with Crippen LogP contribution in [0.25, 0.3) is 33.5 Å². The molecule has 0 saturated heterocycles. The van der Waals surface area contributed by atoms with E-state index in [1.807, 2.05) is 18.3 Å². The van der Waals surface area contributed by atoms with E-state index in [9.17, 15) is 0 Å². The van der Waals surface area contributed by atoms with Crippen LogP contribution in [0.15, 0.2) is 121 Å². The van der Waals surface area contributed by atoms with Crippen molar-refractivity contribution in [1.82, 2.24) is 4.98 Å². The molecule has 0 aliphatic carbocycles. The van der Waals surface area contributed by atoms with Gasteiger partial charge in [-0.1, -0.05) is 66.2 Å². The van der Waals surface area contributed by atoms with E-state index in [0.29, 0.717) is 0 Å². The summed E-state index contributed by atoms with van der Waals surface area (Å²) in [6.07, 6.45) is 1.85. The molecule has 4 nitrogen and oxygen atoms in total. The molecule has 5 aromatic carbocycles. The third-order valence-corrected chi connectivity index (χ3v) is 8.66. The summed E-state index contributed by atoms with van der Waals surface area (Å²) in [7, 11) is 2.09. The molecule has 0 unspecified atom stereocenters. The molecule has 6 heteroatoms. The first-order chi connectivity index (χ1) is 20.8. The fourth-order valence-corrected chi connectivity index (χ4v) is 6.81. The van der Waals surface area contributed by atoms with Gasteiger partial charge < -0.3 is 19.6 Å². The molecule has 4 heterocycles. The van der Waals surface area contributed by atoms with Crippen LogP contribution in [0.1, 0.15) is 0 Å². The number of benzene rings is 5. The Morgan fingerprint density at radius 3 is 1.91 bits per heavy atom. The number of para-hydroxylation sites is 4. The number of aromatic nitrogens is 1. The van der Waals surface area contributed by atoms with Crippen molar-refractivity contribution in [1.29, 1.82) is 0 Å². The van der Waals surface area contributed by atoms with Gasteiger partial charge in [0.1, 0.15) is 0 Å². The second kappa shape index (κ2) is 10.0. The Bertz CT molecular complexity index is 2030. The van der Waals surface area contributed by atoms with E-state index < -0.39 is 0 Å². The Morgan fingerprint density at radius 2 is 1.21 bits per heavy atom. The first-order valence-electron chi connectivity index (χ1n) is 14.2. The predicted octanol–water partition coefficient (Wildman–Crippen LogP) is 6.96. The molecule has 43 heavy (non-hydrogen) atoms. The standard InChI is InChI=1S/C37H24BN4.Pt/c1-40-24-41(37-16-7-6-15-36(37)40)26-18-20-28-30-11-3-5-14-35(30)42-34-13-4-2-10-29(34)27-19-17-25(33-12-8-9-21-39-33)22-31(27)38(42)32(28)23-26;/h2-21,24H,1H3;/q-3;. The van der Waals surface area contributed by atoms with Crippen LogP contribution in [0, 0.1) is 18.8 Å². The van der Waals surface area contributed by atoms with E-state index in [-0.39, 0.29) is 27.9 Å². The molecule has 208 valence electrons. The average molecular weight is 731 g/mol. The average Bonchev–Trinajstić information content (AvgIpc) is 3.40. The Balaban J connectivity index is 0.00000278. The minimum Gasteiger partial charge on any atom is -0.504 e. The zero-order valence-electron chi connectivity index (χ0n) is 23.3.